The Kier molecular flexibility index (Phi) is 30.5. The van der Waals surface area contributed by atoms with Crippen molar-refractivity contribution in [2.45, 2.75) is 240 Å². The van der Waals surface area contributed by atoms with Crippen LogP contribution in [0.3, 0.4) is 0 Å². The average molecular weight is 978 g/mol. The van der Waals surface area contributed by atoms with Crippen LogP contribution in [0.25, 0.3) is 0 Å². The van der Waals surface area contributed by atoms with Crippen molar-refractivity contribution in [2.75, 3.05) is 26.4 Å². The lowest BCUT2D eigenvalue weighted by molar-refractivity contribution is -0.379. The predicted molar refractivity (Wildman–Crippen MR) is 249 cm³/mol. The van der Waals surface area contributed by atoms with Crippen molar-refractivity contribution in [2.24, 2.45) is 0 Å². The number of amides is 1. The molecule has 0 saturated carbocycles. The third-order valence-electron chi connectivity index (χ3n) is 12.7. The van der Waals surface area contributed by atoms with Gasteiger partial charge in [-0.3, -0.25) is 4.79 Å². The van der Waals surface area contributed by atoms with Gasteiger partial charge in [-0.25, -0.2) is 0 Å². The van der Waals surface area contributed by atoms with Crippen LogP contribution < -0.4 is 5.32 Å². The van der Waals surface area contributed by atoms with Crippen LogP contribution in [0.15, 0.2) is 36.5 Å². The Morgan fingerprint density at radius 1 is 0.529 bits per heavy atom. The van der Waals surface area contributed by atoms with Gasteiger partial charge in [0.25, 0.3) is 0 Å². The minimum absolute atomic E-state index is 0.232. The Morgan fingerprint density at radius 2 is 0.971 bits per heavy atom. The highest BCUT2D eigenvalue weighted by molar-refractivity contribution is 5.76. The van der Waals surface area contributed by atoms with Crippen LogP contribution in [-0.2, 0) is 33.2 Å². The van der Waals surface area contributed by atoms with Crippen molar-refractivity contribution in [1.29, 1.82) is 0 Å². The van der Waals surface area contributed by atoms with E-state index in [0.29, 0.717) is 6.42 Å². The minimum atomic E-state index is -1.98. The molecule has 0 radical (unpaired) electrons. The van der Waals surface area contributed by atoms with E-state index in [1.807, 2.05) is 6.08 Å². The van der Waals surface area contributed by atoms with E-state index in [2.05, 4.69) is 43.5 Å². The molecule has 3 heterocycles. The van der Waals surface area contributed by atoms with Gasteiger partial charge in [0.2, 0.25) is 5.91 Å². The van der Waals surface area contributed by atoms with Gasteiger partial charge in [0.05, 0.1) is 38.6 Å². The molecule has 17 unspecified atom stereocenters. The number of nitrogens with one attached hydrogen (secondary N) is 1. The molecular formula is C49H87NO18. The number of carbonyl (C=O) groups excluding carboxylic acids is 1. The van der Waals surface area contributed by atoms with E-state index in [1.54, 1.807) is 6.08 Å². The SMILES string of the molecule is CCCCC/C=C\C/C=C\CCCCCCCCCC(=O)NC(COC1OC(CO)C(OC2OC(CO)C(OC3OC(CO)C(O)C(O)C3O)C(O)C2O)C(O)C1O)C(O)/C=C/CCCCCC. The van der Waals surface area contributed by atoms with Gasteiger partial charge in [-0.1, -0.05) is 115 Å². The zero-order valence-electron chi connectivity index (χ0n) is 40.3. The molecule has 19 nitrogen and oxygen atoms in total. The van der Waals surface area contributed by atoms with Crippen LogP contribution in [-0.4, -0.2) is 193 Å². The molecule has 17 atom stereocenters. The third-order valence-corrected chi connectivity index (χ3v) is 12.7. The van der Waals surface area contributed by atoms with Crippen molar-refractivity contribution >= 4 is 5.91 Å². The quantitative estimate of drug-likeness (QED) is 0.0321. The summed E-state index contributed by atoms with van der Waals surface area (Å²) >= 11 is 0. The fraction of sp³-hybridized carbons (Fsp3) is 0.857. The standard InChI is InChI=1S/C49H87NO18/c1-3-5-7-9-11-12-13-14-15-16-17-18-19-20-21-23-25-27-37(55)50-32(33(54)26-24-22-10-8-6-4-2)31-63-47-43(61)40(58)45(35(29-52)65-47)68-49-44(62)41(59)46(36(30-53)66-49)67-48-42(60)39(57)38(56)34(28-51)64-48/h11-12,14-15,24,26,32-36,38-49,51-54,56-62H,3-10,13,16-23,25,27-31H2,1-2H3,(H,50,55)/b12-11-,15-14-,26-24+. The highest BCUT2D eigenvalue weighted by atomic mass is 16.8. The molecule has 19 heteroatoms. The zero-order chi connectivity index (χ0) is 49.8. The molecule has 0 aromatic rings. The van der Waals surface area contributed by atoms with Gasteiger partial charge in [-0.15, -0.1) is 0 Å². The summed E-state index contributed by atoms with van der Waals surface area (Å²) in [6.45, 7) is 1.55. The first kappa shape index (κ1) is 60.3. The lowest BCUT2D eigenvalue weighted by Gasteiger charge is -2.48. The van der Waals surface area contributed by atoms with Gasteiger partial charge in [-0.05, 0) is 51.4 Å². The van der Waals surface area contributed by atoms with Gasteiger partial charge in [0, 0.05) is 6.42 Å². The van der Waals surface area contributed by atoms with E-state index in [9.17, 15) is 61.0 Å². The summed E-state index contributed by atoms with van der Waals surface area (Å²) in [5, 5.41) is 119. The molecular weight excluding hydrogens is 891 g/mol. The smallest absolute Gasteiger partial charge is 0.220 e. The second-order valence-corrected chi connectivity index (χ2v) is 18.3. The second-order valence-electron chi connectivity index (χ2n) is 18.3. The first-order valence-corrected chi connectivity index (χ1v) is 25.2. The Labute approximate surface area is 402 Å². The molecule has 0 spiro atoms. The monoisotopic (exact) mass is 978 g/mol. The lowest BCUT2D eigenvalue weighted by Crippen LogP contribution is -2.66. The number of aliphatic hydroxyl groups excluding tert-OH is 11. The maximum absolute atomic E-state index is 13.1. The molecule has 12 N–H and O–H groups in total. The van der Waals surface area contributed by atoms with Crippen LogP contribution in [0.4, 0.5) is 0 Å². The maximum atomic E-state index is 13.1. The topological polar surface area (TPSA) is 307 Å². The molecule has 3 rings (SSSR count). The Hall–Kier alpha value is -1.99. The van der Waals surface area contributed by atoms with Crippen LogP contribution in [0.5, 0.6) is 0 Å². The van der Waals surface area contributed by atoms with Gasteiger partial charge in [-0.2, -0.15) is 0 Å². The number of hydrogen-bond donors (Lipinski definition) is 12. The van der Waals surface area contributed by atoms with Crippen LogP contribution in [0.1, 0.15) is 136 Å². The summed E-state index contributed by atoms with van der Waals surface area (Å²) in [5.74, 6) is -0.293. The number of ether oxygens (including phenoxy) is 6. The molecule has 0 aromatic carbocycles. The largest absolute Gasteiger partial charge is 0.394 e. The predicted octanol–water partition coefficient (Wildman–Crippen LogP) is 1.42. The fourth-order valence-corrected chi connectivity index (χ4v) is 8.39. The Bertz CT molecular complexity index is 1400. The van der Waals surface area contributed by atoms with E-state index in [4.69, 9.17) is 28.4 Å². The number of unbranched alkanes of at least 4 members (excludes halogenated alkanes) is 14. The normalized spacial score (nSPS) is 33.5. The van der Waals surface area contributed by atoms with Crippen LogP contribution >= 0.6 is 0 Å². The number of allylic oxidation sites excluding steroid dienone is 5. The minimum Gasteiger partial charge on any atom is -0.394 e. The van der Waals surface area contributed by atoms with E-state index in [-0.39, 0.29) is 18.9 Å². The summed E-state index contributed by atoms with van der Waals surface area (Å²) in [7, 11) is 0. The maximum Gasteiger partial charge on any atom is 0.220 e. The van der Waals surface area contributed by atoms with E-state index in [1.165, 1.54) is 19.3 Å². The van der Waals surface area contributed by atoms with E-state index >= 15 is 0 Å². The second kappa shape index (κ2) is 34.4. The molecule has 68 heavy (non-hydrogen) atoms. The van der Waals surface area contributed by atoms with Crippen molar-refractivity contribution in [1.82, 2.24) is 5.32 Å². The Balaban J connectivity index is 1.51. The van der Waals surface area contributed by atoms with Crippen molar-refractivity contribution in [3.05, 3.63) is 36.5 Å². The number of aliphatic hydroxyl groups is 11. The van der Waals surface area contributed by atoms with Gasteiger partial charge < -0.3 is 89.9 Å². The number of carbonyl (C=O) groups is 1. The zero-order valence-corrected chi connectivity index (χ0v) is 40.3. The highest BCUT2D eigenvalue weighted by Gasteiger charge is 2.53. The Morgan fingerprint density at radius 3 is 1.53 bits per heavy atom. The molecule has 3 saturated heterocycles. The lowest BCUT2D eigenvalue weighted by atomic mass is 9.96. The van der Waals surface area contributed by atoms with Gasteiger partial charge >= 0.3 is 0 Å². The first-order valence-electron chi connectivity index (χ1n) is 25.2. The molecule has 3 aliphatic heterocycles. The summed E-state index contributed by atoms with van der Waals surface area (Å²) < 4.78 is 34.0. The van der Waals surface area contributed by atoms with Crippen LogP contribution in [0.2, 0.25) is 0 Å². The van der Waals surface area contributed by atoms with E-state index < -0.39 is 124 Å². The molecule has 0 aliphatic carbocycles. The highest BCUT2D eigenvalue weighted by Crippen LogP contribution is 2.33. The summed E-state index contributed by atoms with van der Waals surface area (Å²) in [5.41, 5.74) is 0. The van der Waals surface area contributed by atoms with Gasteiger partial charge in [0.1, 0.15) is 73.2 Å². The van der Waals surface area contributed by atoms with Crippen molar-refractivity contribution < 1.29 is 89.4 Å². The molecule has 0 aromatic heterocycles. The summed E-state index contributed by atoms with van der Waals surface area (Å²) in [4.78, 5) is 13.1. The van der Waals surface area contributed by atoms with Crippen molar-refractivity contribution in [3.63, 3.8) is 0 Å². The number of rotatable bonds is 34. The molecule has 396 valence electrons. The summed E-state index contributed by atoms with van der Waals surface area (Å²) in [6, 6.07) is -0.972. The summed E-state index contributed by atoms with van der Waals surface area (Å²) in [6.07, 6.45) is 4.82. The molecule has 0 bridgehead atoms. The van der Waals surface area contributed by atoms with E-state index in [0.717, 1.165) is 89.9 Å². The molecule has 3 fully saturated rings. The third kappa shape index (κ3) is 20.3. The van der Waals surface area contributed by atoms with Gasteiger partial charge in [0.15, 0.2) is 18.9 Å². The van der Waals surface area contributed by atoms with Crippen LogP contribution in [0, 0.1) is 0 Å². The molecule has 1 amide bonds. The molecule has 3 aliphatic rings. The van der Waals surface area contributed by atoms with Crippen molar-refractivity contribution in [3.8, 4) is 0 Å². The first-order chi connectivity index (χ1) is 32.8. The average Bonchev–Trinajstić information content (AvgIpc) is 3.33. The number of hydrogen-bond acceptors (Lipinski definition) is 18. The fourth-order valence-electron chi connectivity index (χ4n) is 8.39.